The van der Waals surface area contributed by atoms with Crippen molar-refractivity contribution in [2.45, 2.75) is 33.7 Å². The monoisotopic (exact) mass is 280 g/mol. The minimum absolute atomic E-state index is 0.661. The summed E-state index contributed by atoms with van der Waals surface area (Å²) in [5, 5.41) is 3.29. The molecule has 0 bridgehead atoms. The summed E-state index contributed by atoms with van der Waals surface area (Å²) in [6.45, 7) is 10.9. The lowest BCUT2D eigenvalue weighted by molar-refractivity contribution is 0.199. The molecule has 20 heavy (non-hydrogen) atoms. The first-order valence-electron chi connectivity index (χ1n) is 7.46. The van der Waals surface area contributed by atoms with E-state index in [4.69, 9.17) is 4.74 Å². The number of methoxy groups -OCH3 is 1. The van der Waals surface area contributed by atoms with E-state index in [2.05, 4.69) is 41.0 Å². The highest BCUT2D eigenvalue weighted by atomic mass is 16.5. The second kappa shape index (κ2) is 9.66. The van der Waals surface area contributed by atoms with Gasteiger partial charge in [0.2, 0.25) is 5.95 Å². The molecule has 114 valence electrons. The Bertz CT molecular complexity index is 355. The first kappa shape index (κ1) is 16.9. The Morgan fingerprint density at radius 1 is 1.30 bits per heavy atom. The van der Waals surface area contributed by atoms with E-state index in [1.807, 2.05) is 12.4 Å². The maximum Gasteiger partial charge on any atom is 0.225 e. The zero-order valence-corrected chi connectivity index (χ0v) is 13.2. The molecule has 0 radical (unpaired) electrons. The molecule has 1 unspecified atom stereocenters. The molecule has 0 aliphatic heterocycles. The van der Waals surface area contributed by atoms with Gasteiger partial charge in [0.1, 0.15) is 0 Å². The largest absolute Gasteiger partial charge is 0.383 e. The van der Waals surface area contributed by atoms with E-state index >= 15 is 0 Å². The van der Waals surface area contributed by atoms with Crippen LogP contribution in [0.3, 0.4) is 0 Å². The van der Waals surface area contributed by atoms with E-state index in [1.54, 1.807) is 7.11 Å². The first-order valence-corrected chi connectivity index (χ1v) is 7.46. The highest BCUT2D eigenvalue weighted by Gasteiger charge is 2.10. The SMILES string of the molecule is CCC(C)CN(CC)c1ncc(CNCCOC)cn1. The second-order valence-electron chi connectivity index (χ2n) is 5.11. The zero-order valence-electron chi connectivity index (χ0n) is 13.2. The molecule has 1 heterocycles. The Morgan fingerprint density at radius 3 is 2.55 bits per heavy atom. The van der Waals surface area contributed by atoms with Crippen molar-refractivity contribution in [1.29, 1.82) is 0 Å². The molecule has 5 nitrogen and oxygen atoms in total. The number of ether oxygens (including phenoxy) is 1. The Hall–Kier alpha value is -1.20. The van der Waals surface area contributed by atoms with E-state index in [0.717, 1.165) is 44.3 Å². The average Bonchev–Trinajstić information content (AvgIpc) is 2.49. The number of hydrogen-bond donors (Lipinski definition) is 1. The van der Waals surface area contributed by atoms with Crippen LogP contribution in [0.15, 0.2) is 12.4 Å². The molecule has 0 fully saturated rings. The maximum atomic E-state index is 4.99. The van der Waals surface area contributed by atoms with Gasteiger partial charge in [-0.2, -0.15) is 0 Å². The summed E-state index contributed by atoms with van der Waals surface area (Å²) in [7, 11) is 1.70. The fourth-order valence-corrected chi connectivity index (χ4v) is 1.87. The second-order valence-corrected chi connectivity index (χ2v) is 5.11. The summed E-state index contributed by atoms with van der Waals surface area (Å²) < 4.78 is 4.99. The summed E-state index contributed by atoms with van der Waals surface area (Å²) in [5.41, 5.74) is 1.10. The van der Waals surface area contributed by atoms with E-state index in [0.29, 0.717) is 5.92 Å². The minimum atomic E-state index is 0.661. The standard InChI is InChI=1S/C15H28N4O/c1-5-13(3)12-19(6-2)15-17-10-14(11-18-15)9-16-7-8-20-4/h10-11,13,16H,5-9,12H2,1-4H3. The topological polar surface area (TPSA) is 50.3 Å². The number of hydrogen-bond acceptors (Lipinski definition) is 5. The molecule has 1 N–H and O–H groups in total. The van der Waals surface area contributed by atoms with Crippen LogP contribution in [0.4, 0.5) is 5.95 Å². The van der Waals surface area contributed by atoms with Gasteiger partial charge in [-0.15, -0.1) is 0 Å². The lowest BCUT2D eigenvalue weighted by Gasteiger charge is -2.23. The van der Waals surface area contributed by atoms with E-state index in [-0.39, 0.29) is 0 Å². The molecular formula is C15H28N4O. The normalized spacial score (nSPS) is 12.4. The van der Waals surface area contributed by atoms with Gasteiger partial charge in [0.15, 0.2) is 0 Å². The van der Waals surface area contributed by atoms with Crippen molar-refractivity contribution in [2.75, 3.05) is 38.3 Å². The van der Waals surface area contributed by atoms with Gasteiger partial charge in [-0.05, 0) is 12.8 Å². The van der Waals surface area contributed by atoms with Gasteiger partial charge in [0, 0.05) is 51.2 Å². The molecule has 0 aromatic carbocycles. The van der Waals surface area contributed by atoms with Crippen molar-refractivity contribution in [2.24, 2.45) is 5.92 Å². The van der Waals surface area contributed by atoms with Crippen molar-refractivity contribution in [3.63, 3.8) is 0 Å². The third kappa shape index (κ3) is 5.84. The highest BCUT2D eigenvalue weighted by molar-refractivity contribution is 5.29. The van der Waals surface area contributed by atoms with Crippen LogP contribution in [0.2, 0.25) is 0 Å². The highest BCUT2D eigenvalue weighted by Crippen LogP contribution is 2.11. The Balaban J connectivity index is 2.51. The Labute approximate surface area is 122 Å². The molecular weight excluding hydrogens is 252 g/mol. The van der Waals surface area contributed by atoms with Gasteiger partial charge in [-0.25, -0.2) is 9.97 Å². The summed E-state index contributed by atoms with van der Waals surface area (Å²) in [5.74, 6) is 1.49. The van der Waals surface area contributed by atoms with Crippen molar-refractivity contribution >= 4 is 5.95 Å². The van der Waals surface area contributed by atoms with Gasteiger partial charge >= 0.3 is 0 Å². The number of anilines is 1. The molecule has 0 amide bonds. The molecule has 1 aromatic heterocycles. The van der Waals surface area contributed by atoms with Gasteiger partial charge in [-0.1, -0.05) is 20.3 Å². The molecule has 1 rings (SSSR count). The smallest absolute Gasteiger partial charge is 0.225 e. The summed E-state index contributed by atoms with van der Waals surface area (Å²) >= 11 is 0. The number of nitrogens with one attached hydrogen (secondary N) is 1. The first-order chi connectivity index (χ1) is 9.71. The van der Waals surface area contributed by atoms with E-state index in [1.165, 1.54) is 6.42 Å². The van der Waals surface area contributed by atoms with Crippen LogP contribution < -0.4 is 10.2 Å². The van der Waals surface area contributed by atoms with Gasteiger partial charge in [0.25, 0.3) is 0 Å². The fraction of sp³-hybridized carbons (Fsp3) is 0.733. The van der Waals surface area contributed by atoms with Crippen LogP contribution in [0.25, 0.3) is 0 Å². The summed E-state index contributed by atoms with van der Waals surface area (Å²) in [6, 6.07) is 0. The molecule has 0 aliphatic carbocycles. The fourth-order valence-electron chi connectivity index (χ4n) is 1.87. The zero-order chi connectivity index (χ0) is 14.8. The molecule has 5 heteroatoms. The van der Waals surface area contributed by atoms with Crippen molar-refractivity contribution in [3.8, 4) is 0 Å². The quantitative estimate of drug-likeness (QED) is 0.665. The van der Waals surface area contributed by atoms with E-state index < -0.39 is 0 Å². The van der Waals surface area contributed by atoms with Crippen LogP contribution in [0, 0.1) is 5.92 Å². The molecule has 0 spiro atoms. The third-order valence-electron chi connectivity index (χ3n) is 3.40. The van der Waals surface area contributed by atoms with Crippen LogP contribution in [0.5, 0.6) is 0 Å². The number of rotatable bonds is 10. The van der Waals surface area contributed by atoms with Crippen molar-refractivity contribution in [3.05, 3.63) is 18.0 Å². The van der Waals surface area contributed by atoms with Gasteiger partial charge < -0.3 is 15.0 Å². The molecule has 0 saturated carbocycles. The van der Waals surface area contributed by atoms with Gasteiger partial charge in [0.05, 0.1) is 6.61 Å². The summed E-state index contributed by atoms with van der Waals surface area (Å²) in [6.07, 6.45) is 4.99. The van der Waals surface area contributed by atoms with E-state index in [9.17, 15) is 0 Å². The maximum absolute atomic E-state index is 4.99. The van der Waals surface area contributed by atoms with Gasteiger partial charge in [-0.3, -0.25) is 0 Å². The Morgan fingerprint density at radius 2 is 2.00 bits per heavy atom. The Kier molecular flexibility index (Phi) is 8.14. The predicted octanol–water partition coefficient (Wildman–Crippen LogP) is 2.08. The predicted molar refractivity (Wildman–Crippen MR) is 83.0 cm³/mol. The van der Waals surface area contributed by atoms with Crippen LogP contribution in [0.1, 0.15) is 32.8 Å². The lowest BCUT2D eigenvalue weighted by Crippen LogP contribution is -2.29. The molecule has 1 aromatic rings. The van der Waals surface area contributed by atoms with Crippen LogP contribution >= 0.6 is 0 Å². The number of nitrogens with zero attached hydrogens (tertiary/aromatic N) is 3. The van der Waals surface area contributed by atoms with Crippen molar-refractivity contribution in [1.82, 2.24) is 15.3 Å². The lowest BCUT2D eigenvalue weighted by atomic mass is 10.1. The molecule has 0 saturated heterocycles. The average molecular weight is 280 g/mol. The van der Waals surface area contributed by atoms with Crippen LogP contribution in [-0.4, -0.2) is 43.3 Å². The number of aromatic nitrogens is 2. The summed E-state index contributed by atoms with van der Waals surface area (Å²) in [4.78, 5) is 11.2. The molecule has 0 aliphatic rings. The van der Waals surface area contributed by atoms with Crippen LogP contribution in [-0.2, 0) is 11.3 Å². The molecule has 1 atom stereocenters. The third-order valence-corrected chi connectivity index (χ3v) is 3.40. The minimum Gasteiger partial charge on any atom is -0.383 e. The van der Waals surface area contributed by atoms with Crippen molar-refractivity contribution < 1.29 is 4.74 Å².